The van der Waals surface area contributed by atoms with Crippen molar-refractivity contribution in [1.82, 2.24) is 14.1 Å². The third-order valence-corrected chi connectivity index (χ3v) is 5.58. The first-order chi connectivity index (χ1) is 17.2. The maximum atomic E-state index is 13.5. The monoisotopic (exact) mass is 530 g/mol. The lowest BCUT2D eigenvalue weighted by molar-refractivity contribution is -0.143. The molecule has 37 heavy (non-hydrogen) atoms. The van der Waals surface area contributed by atoms with Crippen LogP contribution in [0, 0.1) is 0 Å². The summed E-state index contributed by atoms with van der Waals surface area (Å²) in [5, 5.41) is 11.2. The van der Waals surface area contributed by atoms with Gasteiger partial charge in [0.05, 0.1) is 30.2 Å². The minimum Gasteiger partial charge on any atom is -0.481 e. The molecule has 13 heteroatoms. The molecule has 1 aromatic carbocycles. The van der Waals surface area contributed by atoms with Crippen LogP contribution in [0.4, 0.5) is 32.0 Å². The fraction of sp³-hybridized carbons (Fsp3) is 0.375. The van der Waals surface area contributed by atoms with E-state index in [2.05, 4.69) is 10.3 Å². The molecule has 2 N–H and O–H groups in total. The first-order valence-electron chi connectivity index (χ1n) is 11.2. The molecule has 0 saturated carbocycles. The summed E-state index contributed by atoms with van der Waals surface area (Å²) >= 11 is 0. The van der Waals surface area contributed by atoms with Crippen LogP contribution < -0.4 is 5.32 Å². The highest BCUT2D eigenvalue weighted by Crippen LogP contribution is 2.36. The van der Waals surface area contributed by atoms with Crippen LogP contribution in [0.25, 0.3) is 0 Å². The number of aliphatic carboxylic acids is 1. The van der Waals surface area contributed by atoms with Crippen LogP contribution in [0.5, 0.6) is 0 Å². The average molecular weight is 530 g/mol. The van der Waals surface area contributed by atoms with E-state index >= 15 is 0 Å². The summed E-state index contributed by atoms with van der Waals surface area (Å²) in [6.45, 7) is 3.53. The predicted molar refractivity (Wildman–Crippen MR) is 121 cm³/mol. The first kappa shape index (κ1) is 27.8. The molecule has 0 unspecified atom stereocenters. The summed E-state index contributed by atoms with van der Waals surface area (Å²) in [5.41, 5.74) is -1.83. The molecule has 7 nitrogen and oxygen atoms in total. The molecule has 3 rings (SSSR count). The molecule has 0 aliphatic carbocycles. The Morgan fingerprint density at radius 1 is 1.05 bits per heavy atom. The van der Waals surface area contributed by atoms with Gasteiger partial charge in [-0.1, -0.05) is 6.07 Å². The summed E-state index contributed by atoms with van der Waals surface area (Å²) < 4.78 is 82.3. The number of amides is 1. The van der Waals surface area contributed by atoms with E-state index in [0.717, 1.165) is 29.2 Å². The number of hydrogen-bond acceptors (Lipinski definition) is 3. The lowest BCUT2D eigenvalue weighted by atomic mass is 10.1. The molecule has 0 bridgehead atoms. The maximum absolute atomic E-state index is 13.5. The van der Waals surface area contributed by atoms with Crippen molar-refractivity contribution in [3.63, 3.8) is 0 Å². The van der Waals surface area contributed by atoms with Gasteiger partial charge < -0.3 is 19.6 Å². The third kappa shape index (κ3) is 6.71. The molecule has 3 aromatic rings. The van der Waals surface area contributed by atoms with Gasteiger partial charge in [0.15, 0.2) is 0 Å². The zero-order valence-corrected chi connectivity index (χ0v) is 19.8. The Morgan fingerprint density at radius 3 is 2.35 bits per heavy atom. The fourth-order valence-corrected chi connectivity index (χ4v) is 4.07. The number of anilines is 1. The Hall–Kier alpha value is -3.77. The second kappa shape index (κ2) is 10.7. The van der Waals surface area contributed by atoms with Crippen LogP contribution in [-0.4, -0.2) is 31.1 Å². The van der Waals surface area contributed by atoms with E-state index < -0.39 is 47.6 Å². The van der Waals surface area contributed by atoms with Crippen molar-refractivity contribution in [2.24, 2.45) is 0 Å². The van der Waals surface area contributed by atoms with E-state index in [-0.39, 0.29) is 30.3 Å². The Labute approximate surface area is 207 Å². The van der Waals surface area contributed by atoms with Gasteiger partial charge >= 0.3 is 18.3 Å². The molecule has 0 aliphatic heterocycles. The smallest absolute Gasteiger partial charge is 0.432 e. The van der Waals surface area contributed by atoms with Crippen molar-refractivity contribution in [3.8, 4) is 0 Å². The number of benzene rings is 1. The number of imidazole rings is 1. The summed E-state index contributed by atoms with van der Waals surface area (Å²) in [6, 6.07) is 5.46. The van der Waals surface area contributed by atoms with E-state index in [9.17, 15) is 35.9 Å². The number of carbonyl (C=O) groups is 2. The molecule has 1 amide bonds. The van der Waals surface area contributed by atoms with Crippen molar-refractivity contribution < 1.29 is 41.0 Å². The average Bonchev–Trinajstić information content (AvgIpc) is 3.39. The quantitative estimate of drug-likeness (QED) is 0.342. The highest BCUT2D eigenvalue weighted by atomic mass is 19.4. The second-order valence-electron chi connectivity index (χ2n) is 8.65. The van der Waals surface area contributed by atoms with Crippen molar-refractivity contribution in [2.45, 2.75) is 58.0 Å². The molecule has 0 fully saturated rings. The van der Waals surface area contributed by atoms with E-state index in [1.54, 1.807) is 24.5 Å². The number of aryl methyl sites for hydroxylation is 2. The predicted octanol–water partition coefficient (Wildman–Crippen LogP) is 5.82. The van der Waals surface area contributed by atoms with Crippen molar-refractivity contribution in [2.75, 3.05) is 5.32 Å². The maximum Gasteiger partial charge on any atom is 0.432 e. The summed E-state index contributed by atoms with van der Waals surface area (Å²) in [4.78, 5) is 27.6. The first-order valence-corrected chi connectivity index (χ1v) is 11.2. The lowest BCUT2D eigenvalue weighted by Crippen LogP contribution is -2.22. The van der Waals surface area contributed by atoms with Gasteiger partial charge in [-0.15, -0.1) is 0 Å². The number of carbonyl (C=O) groups excluding carboxylic acids is 1. The number of carboxylic acid groups (broad SMARTS) is 1. The van der Waals surface area contributed by atoms with Gasteiger partial charge in [0.25, 0.3) is 5.91 Å². The molecular formula is C24H24F6N4O3. The molecule has 0 atom stereocenters. The van der Waals surface area contributed by atoms with E-state index in [1.165, 1.54) is 6.07 Å². The molecular weight excluding hydrogens is 506 g/mol. The lowest BCUT2D eigenvalue weighted by Gasteiger charge is -2.19. The van der Waals surface area contributed by atoms with Gasteiger partial charge in [-0.05, 0) is 56.5 Å². The molecule has 2 heterocycles. The van der Waals surface area contributed by atoms with Crippen molar-refractivity contribution in [1.29, 1.82) is 0 Å². The zero-order chi connectivity index (χ0) is 27.5. The number of nitrogens with one attached hydrogen (secondary N) is 1. The number of nitrogens with zero attached hydrogens (tertiary/aromatic N) is 3. The number of rotatable bonds is 9. The van der Waals surface area contributed by atoms with Crippen LogP contribution in [-0.2, 0) is 36.5 Å². The number of aromatic nitrogens is 3. The van der Waals surface area contributed by atoms with E-state index in [0.29, 0.717) is 18.2 Å². The second-order valence-corrected chi connectivity index (χ2v) is 8.65. The number of hydrogen-bond donors (Lipinski definition) is 2. The highest BCUT2D eigenvalue weighted by molar-refractivity contribution is 6.04. The topological polar surface area (TPSA) is 89.2 Å². The van der Waals surface area contributed by atoms with Gasteiger partial charge in [0.2, 0.25) is 0 Å². The Bertz CT molecular complexity index is 1270. The Balaban J connectivity index is 1.82. The number of halogens is 6. The Morgan fingerprint density at radius 2 is 1.76 bits per heavy atom. The van der Waals surface area contributed by atoms with Crippen LogP contribution in [0.2, 0.25) is 0 Å². The standard InChI is InChI=1S/C24H24F6N4O3/c1-14(2)34-16(4-3-9-33-13-31-12-20(33)24(28,29)30)6-8-19(34)22(37)32-18-10-15(11-21(35)36)5-7-17(18)23(25,26)27/h5-8,10,12-14H,3-4,9,11H2,1-2H3,(H,32,37)(H,35,36). The largest absolute Gasteiger partial charge is 0.481 e. The summed E-state index contributed by atoms with van der Waals surface area (Å²) in [6.07, 6.45) is -7.47. The van der Waals surface area contributed by atoms with Crippen LogP contribution in [0.3, 0.4) is 0 Å². The summed E-state index contributed by atoms with van der Waals surface area (Å²) in [7, 11) is 0. The molecule has 200 valence electrons. The number of carboxylic acids is 1. The molecule has 2 aromatic heterocycles. The molecule has 0 radical (unpaired) electrons. The fourth-order valence-electron chi connectivity index (χ4n) is 4.07. The van der Waals surface area contributed by atoms with Crippen LogP contribution in [0.15, 0.2) is 42.9 Å². The molecule has 0 saturated heterocycles. The SMILES string of the molecule is CC(C)n1c(CCCn2cncc2C(F)(F)F)ccc1C(=O)Nc1cc(CC(=O)O)ccc1C(F)(F)F. The van der Waals surface area contributed by atoms with Crippen molar-refractivity contribution >= 4 is 17.6 Å². The van der Waals surface area contributed by atoms with Crippen molar-refractivity contribution in [3.05, 3.63) is 71.1 Å². The highest BCUT2D eigenvalue weighted by Gasteiger charge is 2.35. The van der Waals surface area contributed by atoms with E-state index in [4.69, 9.17) is 5.11 Å². The zero-order valence-electron chi connectivity index (χ0n) is 19.8. The van der Waals surface area contributed by atoms with Gasteiger partial charge in [0.1, 0.15) is 11.4 Å². The normalized spacial score (nSPS) is 12.2. The van der Waals surface area contributed by atoms with Gasteiger partial charge in [-0.2, -0.15) is 26.3 Å². The van der Waals surface area contributed by atoms with Gasteiger partial charge in [-0.3, -0.25) is 9.59 Å². The molecule has 0 aliphatic rings. The summed E-state index contributed by atoms with van der Waals surface area (Å²) in [5.74, 6) is -2.08. The minimum atomic E-state index is -4.79. The third-order valence-electron chi connectivity index (χ3n) is 5.58. The van der Waals surface area contributed by atoms with E-state index in [1.807, 2.05) is 0 Å². The minimum absolute atomic E-state index is 0.0188. The van der Waals surface area contributed by atoms with Gasteiger partial charge in [0, 0.05) is 18.3 Å². The number of alkyl halides is 6. The Kier molecular flexibility index (Phi) is 8.03. The van der Waals surface area contributed by atoms with Gasteiger partial charge in [-0.25, -0.2) is 4.98 Å². The van der Waals surface area contributed by atoms with Crippen LogP contribution in [0.1, 0.15) is 59.3 Å². The van der Waals surface area contributed by atoms with Crippen LogP contribution >= 0.6 is 0 Å². The molecule has 0 spiro atoms.